The van der Waals surface area contributed by atoms with Crippen molar-refractivity contribution in [1.82, 2.24) is 4.57 Å². The van der Waals surface area contributed by atoms with Gasteiger partial charge in [0.25, 0.3) is 0 Å². The van der Waals surface area contributed by atoms with Gasteiger partial charge in [-0.15, -0.1) is 0 Å². The molecule has 0 radical (unpaired) electrons. The zero-order valence-corrected chi connectivity index (χ0v) is 21.5. The number of ether oxygens (including phenoxy) is 2. The Morgan fingerprint density at radius 1 is 0.946 bits per heavy atom. The van der Waals surface area contributed by atoms with Crippen LogP contribution >= 0.6 is 11.6 Å². The van der Waals surface area contributed by atoms with Crippen molar-refractivity contribution < 1.29 is 23.9 Å². The molecule has 1 aromatic heterocycles. The van der Waals surface area contributed by atoms with Gasteiger partial charge in [0.2, 0.25) is 0 Å². The Morgan fingerprint density at radius 2 is 1.62 bits per heavy atom. The number of fused-ring (bicyclic) bond motifs is 1. The van der Waals surface area contributed by atoms with E-state index in [9.17, 15) is 14.4 Å². The molecule has 188 valence electrons. The van der Waals surface area contributed by atoms with E-state index in [0.29, 0.717) is 22.8 Å². The molecule has 0 saturated carbocycles. The Balaban J connectivity index is 1.87. The molecule has 0 fully saturated rings. The number of hydrogen-bond acceptors (Lipinski definition) is 5. The van der Waals surface area contributed by atoms with E-state index in [0.717, 1.165) is 27.6 Å². The van der Waals surface area contributed by atoms with Crippen LogP contribution < -0.4 is 0 Å². The molecular weight excluding hydrogens is 490 g/mol. The highest BCUT2D eigenvalue weighted by Gasteiger charge is 2.25. The average molecular weight is 516 g/mol. The number of carbonyl (C=O) groups is 3. The van der Waals surface area contributed by atoms with Gasteiger partial charge in [0.05, 0.1) is 13.7 Å². The third-order valence-electron chi connectivity index (χ3n) is 5.99. The zero-order chi connectivity index (χ0) is 26.5. The predicted molar refractivity (Wildman–Crippen MR) is 145 cm³/mol. The number of Topliss-reactive ketones (excluding diaryl/α,β-unsaturated/α-hetero) is 1. The van der Waals surface area contributed by atoms with Crippen LogP contribution in [0.25, 0.3) is 28.1 Å². The summed E-state index contributed by atoms with van der Waals surface area (Å²) in [7, 11) is 1.24. The molecule has 0 aliphatic carbocycles. The lowest BCUT2D eigenvalue weighted by Gasteiger charge is -2.12. The van der Waals surface area contributed by atoms with E-state index < -0.39 is 11.9 Å². The number of carbonyl (C=O) groups excluding carboxylic acids is 3. The Labute approximate surface area is 220 Å². The summed E-state index contributed by atoms with van der Waals surface area (Å²) in [5.41, 5.74) is 4.49. The number of hydrogen-bond donors (Lipinski definition) is 0. The van der Waals surface area contributed by atoms with Gasteiger partial charge in [-0.1, -0.05) is 66.2 Å². The summed E-state index contributed by atoms with van der Waals surface area (Å²) in [4.78, 5) is 37.2. The first-order chi connectivity index (χ1) is 17.8. The maximum absolute atomic E-state index is 13.3. The molecule has 0 aliphatic heterocycles. The second kappa shape index (κ2) is 11.3. The van der Waals surface area contributed by atoms with Crippen molar-refractivity contribution in [2.24, 2.45) is 0 Å². The molecule has 0 spiro atoms. The number of nitrogens with zero attached hydrogens (tertiary/aromatic N) is 1. The van der Waals surface area contributed by atoms with E-state index in [1.54, 1.807) is 19.1 Å². The molecule has 3 aromatic carbocycles. The largest absolute Gasteiger partial charge is 0.465 e. The normalized spacial score (nSPS) is 11.4. The predicted octanol–water partition coefficient (Wildman–Crippen LogP) is 6.33. The number of methoxy groups -OCH3 is 1. The molecule has 37 heavy (non-hydrogen) atoms. The fraction of sp³-hybridized carbons (Fsp3) is 0.167. The number of benzene rings is 3. The smallest absolute Gasteiger partial charge is 0.355 e. The third kappa shape index (κ3) is 5.49. The maximum atomic E-state index is 13.3. The van der Waals surface area contributed by atoms with Crippen LogP contribution in [0.15, 0.2) is 78.4 Å². The molecule has 0 bridgehead atoms. The van der Waals surface area contributed by atoms with E-state index in [1.807, 2.05) is 65.2 Å². The van der Waals surface area contributed by atoms with Gasteiger partial charge in [-0.05, 0) is 54.8 Å². The van der Waals surface area contributed by atoms with Gasteiger partial charge in [-0.2, -0.15) is 0 Å². The molecule has 0 saturated heterocycles. The van der Waals surface area contributed by atoms with Crippen molar-refractivity contribution in [2.45, 2.75) is 20.4 Å². The van der Waals surface area contributed by atoms with Gasteiger partial charge < -0.3 is 14.0 Å². The molecule has 0 N–H and O–H groups in total. The first-order valence-electron chi connectivity index (χ1n) is 11.8. The summed E-state index contributed by atoms with van der Waals surface area (Å²) in [6.45, 7) is 3.79. The van der Waals surface area contributed by atoms with Crippen LogP contribution in [0.1, 0.15) is 35.5 Å². The molecular formula is C30H26ClNO5. The standard InChI is InChI=1S/C30H26ClNO5/c1-4-37-30(35)28-27(22-13-9-20(10-14-22)17-25(19(2)33)29(34)36-3)24-7-5-6-8-26(24)32(28)18-21-11-15-23(31)16-12-21/h5-17H,4,18H2,1-3H3. The molecule has 4 rings (SSSR count). The van der Waals surface area contributed by atoms with Crippen molar-refractivity contribution >= 4 is 46.3 Å². The van der Waals surface area contributed by atoms with Crippen LogP contribution in [0, 0.1) is 0 Å². The van der Waals surface area contributed by atoms with Gasteiger partial charge >= 0.3 is 11.9 Å². The van der Waals surface area contributed by atoms with Crippen LogP contribution in [0.4, 0.5) is 0 Å². The Bertz CT molecular complexity index is 1500. The molecule has 1 heterocycles. The van der Waals surface area contributed by atoms with Crippen LogP contribution in [0.2, 0.25) is 5.02 Å². The topological polar surface area (TPSA) is 74.6 Å². The second-order valence-electron chi connectivity index (χ2n) is 8.40. The van der Waals surface area contributed by atoms with Crippen LogP contribution in [0.5, 0.6) is 0 Å². The average Bonchev–Trinajstić information content (AvgIpc) is 3.22. The summed E-state index contributed by atoms with van der Waals surface area (Å²) >= 11 is 6.07. The first kappa shape index (κ1) is 25.9. The summed E-state index contributed by atoms with van der Waals surface area (Å²) in [5, 5.41) is 1.54. The minimum atomic E-state index is -0.688. The SMILES string of the molecule is CCOC(=O)c1c(-c2ccc(C=C(C(C)=O)C(=O)OC)cc2)c2ccccc2n1Cc1ccc(Cl)cc1. The molecule has 4 aromatic rings. The van der Waals surface area contributed by atoms with Crippen LogP contribution in [0.3, 0.4) is 0 Å². The van der Waals surface area contributed by atoms with Crippen molar-refractivity contribution in [3.8, 4) is 11.1 Å². The fourth-order valence-electron chi connectivity index (χ4n) is 4.27. The highest BCUT2D eigenvalue weighted by Crippen LogP contribution is 2.36. The summed E-state index contributed by atoms with van der Waals surface area (Å²) in [5.74, 6) is -1.49. The van der Waals surface area contributed by atoms with Gasteiger partial charge in [-0.3, -0.25) is 4.79 Å². The van der Waals surface area contributed by atoms with Crippen LogP contribution in [-0.4, -0.2) is 36.0 Å². The summed E-state index contributed by atoms with van der Waals surface area (Å²) < 4.78 is 12.2. The zero-order valence-electron chi connectivity index (χ0n) is 20.8. The van der Waals surface area contributed by atoms with E-state index in [4.69, 9.17) is 21.1 Å². The number of aromatic nitrogens is 1. The number of halogens is 1. The van der Waals surface area contributed by atoms with E-state index in [1.165, 1.54) is 20.1 Å². The van der Waals surface area contributed by atoms with Crippen molar-refractivity contribution in [2.75, 3.05) is 13.7 Å². The van der Waals surface area contributed by atoms with Gasteiger partial charge in [-0.25, -0.2) is 9.59 Å². The maximum Gasteiger partial charge on any atom is 0.355 e. The lowest BCUT2D eigenvalue weighted by molar-refractivity contribution is -0.137. The summed E-state index contributed by atoms with van der Waals surface area (Å²) in [6.07, 6.45) is 1.49. The Kier molecular flexibility index (Phi) is 7.89. The van der Waals surface area contributed by atoms with Crippen molar-refractivity contribution in [3.63, 3.8) is 0 Å². The van der Waals surface area contributed by atoms with Crippen LogP contribution in [-0.2, 0) is 25.6 Å². The molecule has 6 nitrogen and oxygen atoms in total. The Hall–Kier alpha value is -4.16. The van der Waals surface area contributed by atoms with Gasteiger partial charge in [0.1, 0.15) is 11.3 Å². The van der Waals surface area contributed by atoms with Gasteiger partial charge in [0, 0.05) is 28.0 Å². The van der Waals surface area contributed by atoms with E-state index in [2.05, 4.69) is 0 Å². The number of esters is 2. The first-order valence-corrected chi connectivity index (χ1v) is 12.2. The van der Waals surface area contributed by atoms with Gasteiger partial charge in [0.15, 0.2) is 5.78 Å². The minimum Gasteiger partial charge on any atom is -0.465 e. The monoisotopic (exact) mass is 515 g/mol. The van der Waals surface area contributed by atoms with Crippen molar-refractivity contribution in [1.29, 1.82) is 0 Å². The minimum absolute atomic E-state index is 0.0398. The molecule has 0 unspecified atom stereocenters. The van der Waals surface area contributed by atoms with Crippen molar-refractivity contribution in [3.05, 3.63) is 100 Å². The number of para-hydroxylation sites is 1. The summed E-state index contributed by atoms with van der Waals surface area (Å²) in [6, 6.07) is 22.6. The molecule has 7 heteroatoms. The second-order valence-corrected chi connectivity index (χ2v) is 8.84. The third-order valence-corrected chi connectivity index (χ3v) is 6.24. The fourth-order valence-corrected chi connectivity index (χ4v) is 4.40. The highest BCUT2D eigenvalue weighted by molar-refractivity contribution is 6.30. The quantitative estimate of drug-likeness (QED) is 0.119. The molecule has 0 aliphatic rings. The Morgan fingerprint density at radius 3 is 2.24 bits per heavy atom. The van der Waals surface area contributed by atoms with E-state index >= 15 is 0 Å². The molecule has 0 atom stereocenters. The highest BCUT2D eigenvalue weighted by atomic mass is 35.5. The number of ketones is 1. The number of rotatable bonds is 8. The van der Waals surface area contributed by atoms with E-state index in [-0.39, 0.29) is 18.0 Å². The lowest BCUT2D eigenvalue weighted by Crippen LogP contribution is -2.14. The lowest BCUT2D eigenvalue weighted by atomic mass is 9.99. The molecule has 0 amide bonds.